The number of rotatable bonds is 3. The van der Waals surface area contributed by atoms with Crippen molar-refractivity contribution in [1.29, 1.82) is 0 Å². The van der Waals surface area contributed by atoms with Crippen LogP contribution in [0.5, 0.6) is 0 Å². The quantitative estimate of drug-likeness (QED) is 0.597. The van der Waals surface area contributed by atoms with Gasteiger partial charge in [0.1, 0.15) is 0 Å². The van der Waals surface area contributed by atoms with Gasteiger partial charge in [-0.2, -0.15) is 0 Å². The third kappa shape index (κ3) is 9.52. The molecule has 3 nitrogen and oxygen atoms in total. The standard InChI is InChI=1S/C4H9NO2.Sn.2H/c5-3-1-2-4(6)7;;;/h1-3,5H2,(H,6,7);;;. The Morgan fingerprint density at radius 2 is 2.12 bits per heavy atom. The number of hydrogen-bond acceptors (Lipinski definition) is 2. The Morgan fingerprint density at radius 3 is 2.25 bits per heavy atom. The van der Waals surface area contributed by atoms with Gasteiger partial charge < -0.3 is 10.8 Å². The molecule has 0 fully saturated rings. The second-order valence-corrected chi connectivity index (χ2v) is 1.29. The molecule has 0 spiro atoms. The molecule has 0 unspecified atom stereocenters. The summed E-state index contributed by atoms with van der Waals surface area (Å²) in [6.07, 6.45) is 0.770. The van der Waals surface area contributed by atoms with Gasteiger partial charge in [0.2, 0.25) is 0 Å². The van der Waals surface area contributed by atoms with E-state index in [1.807, 2.05) is 0 Å². The molecular weight excluding hydrogens is 213 g/mol. The van der Waals surface area contributed by atoms with E-state index in [0.29, 0.717) is 13.0 Å². The Balaban J connectivity index is 0. The summed E-state index contributed by atoms with van der Waals surface area (Å²) in [5, 5.41) is 7.99. The molecule has 0 rings (SSSR count). The van der Waals surface area contributed by atoms with Crippen LogP contribution in [0.2, 0.25) is 0 Å². The zero-order valence-corrected chi connectivity index (χ0v) is 8.80. The Morgan fingerprint density at radius 1 is 1.62 bits per heavy atom. The van der Waals surface area contributed by atoms with E-state index in [9.17, 15) is 4.79 Å². The van der Waals surface area contributed by atoms with Crippen molar-refractivity contribution in [3.63, 3.8) is 0 Å². The number of nitrogens with two attached hydrogens (primary N) is 1. The third-order valence-corrected chi connectivity index (χ3v) is 0.595. The van der Waals surface area contributed by atoms with E-state index < -0.39 is 5.97 Å². The van der Waals surface area contributed by atoms with Gasteiger partial charge in [-0.1, -0.05) is 0 Å². The number of hydrogen-bond donors (Lipinski definition) is 2. The molecule has 0 saturated heterocycles. The second kappa shape index (κ2) is 7.23. The fraction of sp³-hybridized carbons (Fsp3) is 0.750. The Kier molecular flexibility index (Phi) is 10.0. The molecule has 0 aliphatic carbocycles. The molecule has 0 aromatic carbocycles. The van der Waals surface area contributed by atoms with E-state index in [-0.39, 0.29) is 30.3 Å². The van der Waals surface area contributed by atoms with Crippen molar-refractivity contribution >= 4 is 29.9 Å². The van der Waals surface area contributed by atoms with Crippen LogP contribution in [-0.4, -0.2) is 41.5 Å². The average Bonchev–Trinajstić information content (AvgIpc) is 1.61. The minimum absolute atomic E-state index is 0. The summed E-state index contributed by atoms with van der Waals surface area (Å²) in [7, 11) is 0. The first kappa shape index (κ1) is 11.1. The summed E-state index contributed by atoms with van der Waals surface area (Å²) in [5.74, 6) is -0.773. The molecule has 48 valence electrons. The first-order valence-electron chi connectivity index (χ1n) is 2.19. The van der Waals surface area contributed by atoms with Crippen molar-refractivity contribution in [2.24, 2.45) is 5.73 Å². The molecule has 0 amide bonds. The van der Waals surface area contributed by atoms with Crippen molar-refractivity contribution in [3.05, 3.63) is 0 Å². The van der Waals surface area contributed by atoms with Crippen LogP contribution in [-0.2, 0) is 4.79 Å². The molecule has 0 aromatic heterocycles. The Bertz CT molecular complexity index is 67.1. The molecule has 0 heterocycles. The molecular formula is C4H11NO2Sn. The number of aliphatic carboxylic acids is 1. The summed E-state index contributed by atoms with van der Waals surface area (Å²) in [6.45, 7) is 0.465. The van der Waals surface area contributed by atoms with Crippen molar-refractivity contribution in [2.45, 2.75) is 12.8 Å². The normalized spacial score (nSPS) is 7.62. The van der Waals surface area contributed by atoms with Crippen LogP contribution >= 0.6 is 0 Å². The van der Waals surface area contributed by atoms with Crippen LogP contribution in [0.25, 0.3) is 0 Å². The topological polar surface area (TPSA) is 63.3 Å². The first-order valence-corrected chi connectivity index (χ1v) is 2.19. The molecule has 8 heavy (non-hydrogen) atoms. The molecule has 0 atom stereocenters. The monoisotopic (exact) mass is 225 g/mol. The van der Waals surface area contributed by atoms with Gasteiger partial charge in [-0.25, -0.2) is 0 Å². The third-order valence-electron chi connectivity index (χ3n) is 0.595. The summed E-state index contributed by atoms with van der Waals surface area (Å²) in [4.78, 5) is 9.70. The van der Waals surface area contributed by atoms with Gasteiger partial charge in [-0.3, -0.25) is 4.79 Å². The first-order chi connectivity index (χ1) is 3.27. The Hall–Kier alpha value is 0.229. The van der Waals surface area contributed by atoms with E-state index in [1.165, 1.54) is 0 Å². The van der Waals surface area contributed by atoms with E-state index >= 15 is 0 Å². The number of carboxylic acids is 1. The fourth-order valence-corrected chi connectivity index (χ4v) is 0.253. The fourth-order valence-electron chi connectivity index (χ4n) is 0.253. The zero-order valence-electron chi connectivity index (χ0n) is 4.76. The molecule has 0 aliphatic rings. The zero-order chi connectivity index (χ0) is 5.70. The van der Waals surface area contributed by atoms with Crippen molar-refractivity contribution < 1.29 is 9.90 Å². The second-order valence-electron chi connectivity index (χ2n) is 1.29. The van der Waals surface area contributed by atoms with Gasteiger partial charge in [-0.15, -0.1) is 0 Å². The van der Waals surface area contributed by atoms with Gasteiger partial charge in [-0.05, 0) is 13.0 Å². The molecule has 0 aliphatic heterocycles. The van der Waals surface area contributed by atoms with Crippen molar-refractivity contribution in [3.8, 4) is 0 Å². The average molecular weight is 224 g/mol. The molecule has 3 N–H and O–H groups in total. The van der Waals surface area contributed by atoms with Gasteiger partial charge in [0, 0.05) is 6.42 Å². The molecule has 2 radical (unpaired) electrons. The Labute approximate surface area is 65.2 Å². The van der Waals surface area contributed by atoms with E-state index in [4.69, 9.17) is 10.8 Å². The SMILES string of the molecule is NCCCC(=O)O.[SnH2]. The van der Waals surface area contributed by atoms with Crippen LogP contribution in [0.3, 0.4) is 0 Å². The van der Waals surface area contributed by atoms with Crippen molar-refractivity contribution in [2.75, 3.05) is 6.54 Å². The maximum atomic E-state index is 9.70. The van der Waals surface area contributed by atoms with Crippen LogP contribution in [0.4, 0.5) is 0 Å². The number of carboxylic acid groups (broad SMARTS) is 1. The minimum atomic E-state index is -0.773. The van der Waals surface area contributed by atoms with Crippen LogP contribution < -0.4 is 5.73 Å². The predicted molar refractivity (Wildman–Crippen MR) is 34.5 cm³/mol. The van der Waals surface area contributed by atoms with Crippen LogP contribution in [0.15, 0.2) is 0 Å². The van der Waals surface area contributed by atoms with Gasteiger partial charge in [0.15, 0.2) is 0 Å². The van der Waals surface area contributed by atoms with Gasteiger partial charge >= 0.3 is 29.9 Å². The molecule has 4 heteroatoms. The van der Waals surface area contributed by atoms with Gasteiger partial charge in [0.25, 0.3) is 0 Å². The van der Waals surface area contributed by atoms with E-state index in [1.54, 1.807) is 0 Å². The summed E-state index contributed by atoms with van der Waals surface area (Å²) in [6, 6.07) is 0. The molecule has 0 aromatic rings. The van der Waals surface area contributed by atoms with Crippen LogP contribution in [0, 0.1) is 0 Å². The summed E-state index contributed by atoms with van der Waals surface area (Å²) < 4.78 is 0. The summed E-state index contributed by atoms with van der Waals surface area (Å²) >= 11 is 0. The van der Waals surface area contributed by atoms with E-state index in [2.05, 4.69) is 0 Å². The molecule has 0 bridgehead atoms. The van der Waals surface area contributed by atoms with Gasteiger partial charge in [0.05, 0.1) is 0 Å². The number of carbonyl (C=O) groups is 1. The predicted octanol–water partition coefficient (Wildman–Crippen LogP) is -1.11. The van der Waals surface area contributed by atoms with Crippen molar-refractivity contribution in [1.82, 2.24) is 0 Å². The molecule has 0 saturated carbocycles. The summed E-state index contributed by atoms with van der Waals surface area (Å²) in [5.41, 5.74) is 5.01. The maximum absolute atomic E-state index is 9.70. The van der Waals surface area contributed by atoms with E-state index in [0.717, 1.165) is 0 Å². The van der Waals surface area contributed by atoms with Crippen LogP contribution in [0.1, 0.15) is 12.8 Å².